The van der Waals surface area contributed by atoms with E-state index in [2.05, 4.69) is 10.3 Å². The summed E-state index contributed by atoms with van der Waals surface area (Å²) in [5.74, 6) is -0.404. The lowest BCUT2D eigenvalue weighted by atomic mass is 10.3. The van der Waals surface area contributed by atoms with Gasteiger partial charge in [-0.1, -0.05) is 6.07 Å². The van der Waals surface area contributed by atoms with Gasteiger partial charge < -0.3 is 14.5 Å². The Labute approximate surface area is 115 Å². The number of furan rings is 1. The number of pyridine rings is 1. The third-order valence-corrected chi connectivity index (χ3v) is 2.54. The second-order valence-corrected chi connectivity index (χ2v) is 4.06. The van der Waals surface area contributed by atoms with Gasteiger partial charge in [0.2, 0.25) is 0 Å². The minimum atomic E-state index is -0.903. The Bertz CT molecular complexity index is 566. The minimum Gasteiger partial charge on any atom is -0.467 e. The van der Waals surface area contributed by atoms with Crippen LogP contribution < -0.4 is 5.32 Å². The molecule has 2 aromatic heterocycles. The van der Waals surface area contributed by atoms with Crippen molar-refractivity contribution < 1.29 is 18.7 Å². The summed E-state index contributed by atoms with van der Waals surface area (Å²) in [6, 6.07) is 8.36. The largest absolute Gasteiger partial charge is 0.467 e. The second-order valence-electron chi connectivity index (χ2n) is 4.06. The van der Waals surface area contributed by atoms with E-state index in [1.165, 1.54) is 25.5 Å². The van der Waals surface area contributed by atoms with Crippen molar-refractivity contribution in [3.05, 3.63) is 54.2 Å². The van der Waals surface area contributed by atoms with E-state index < -0.39 is 18.0 Å². The number of carbonyl (C=O) groups is 2. The van der Waals surface area contributed by atoms with Crippen LogP contribution in [0.4, 0.5) is 0 Å². The highest BCUT2D eigenvalue weighted by Crippen LogP contribution is 2.02. The standard InChI is InChI=1S/C14H14N2O4/c1-10(13(17)16-9-11-5-4-8-19-11)20-14(18)12-6-2-3-7-15-12/h2-8,10H,9H2,1H3,(H,16,17)/t10-/m0/s1. The monoisotopic (exact) mass is 274 g/mol. The summed E-state index contributed by atoms with van der Waals surface area (Å²) in [6.07, 6.45) is 2.10. The number of rotatable bonds is 5. The first-order chi connectivity index (χ1) is 9.66. The molecule has 6 nitrogen and oxygen atoms in total. The number of hydrogen-bond acceptors (Lipinski definition) is 5. The maximum absolute atomic E-state index is 11.8. The molecular formula is C14H14N2O4. The molecule has 0 aliphatic rings. The number of ether oxygens (including phenoxy) is 1. The van der Waals surface area contributed by atoms with E-state index in [1.54, 1.807) is 24.3 Å². The molecule has 0 radical (unpaired) electrons. The van der Waals surface area contributed by atoms with Gasteiger partial charge in [-0.3, -0.25) is 4.79 Å². The summed E-state index contributed by atoms with van der Waals surface area (Å²) in [7, 11) is 0. The normalized spacial score (nSPS) is 11.7. The molecule has 104 valence electrons. The van der Waals surface area contributed by atoms with Gasteiger partial charge in [0.25, 0.3) is 5.91 Å². The van der Waals surface area contributed by atoms with Crippen molar-refractivity contribution in [2.45, 2.75) is 19.6 Å². The fourth-order valence-electron chi connectivity index (χ4n) is 1.49. The molecule has 0 aliphatic heterocycles. The third kappa shape index (κ3) is 3.68. The molecule has 20 heavy (non-hydrogen) atoms. The van der Waals surface area contributed by atoms with E-state index >= 15 is 0 Å². The van der Waals surface area contributed by atoms with Crippen LogP contribution in [0.15, 0.2) is 47.2 Å². The predicted octanol–water partition coefficient (Wildman–Crippen LogP) is 1.54. The summed E-state index contributed by atoms with van der Waals surface area (Å²) in [5.41, 5.74) is 0.165. The maximum atomic E-state index is 11.8. The van der Waals surface area contributed by atoms with E-state index in [4.69, 9.17) is 9.15 Å². The van der Waals surface area contributed by atoms with Gasteiger partial charge in [-0.15, -0.1) is 0 Å². The molecule has 0 bridgehead atoms. The summed E-state index contributed by atoms with van der Waals surface area (Å²) in [5, 5.41) is 2.61. The average molecular weight is 274 g/mol. The molecule has 2 rings (SSSR count). The number of aromatic nitrogens is 1. The zero-order valence-corrected chi connectivity index (χ0v) is 10.9. The quantitative estimate of drug-likeness (QED) is 0.836. The lowest BCUT2D eigenvalue weighted by Gasteiger charge is -2.12. The molecule has 0 saturated carbocycles. The highest BCUT2D eigenvalue weighted by atomic mass is 16.5. The van der Waals surface area contributed by atoms with Gasteiger partial charge in [0.15, 0.2) is 6.10 Å². The van der Waals surface area contributed by atoms with Crippen LogP contribution in [0.5, 0.6) is 0 Å². The van der Waals surface area contributed by atoms with Gasteiger partial charge in [0.05, 0.1) is 12.8 Å². The van der Waals surface area contributed by atoms with E-state index in [-0.39, 0.29) is 12.2 Å². The van der Waals surface area contributed by atoms with E-state index in [0.29, 0.717) is 5.76 Å². The van der Waals surface area contributed by atoms with Gasteiger partial charge in [-0.25, -0.2) is 9.78 Å². The molecule has 0 fully saturated rings. The highest BCUT2D eigenvalue weighted by molar-refractivity contribution is 5.90. The number of esters is 1. The summed E-state index contributed by atoms with van der Waals surface area (Å²) in [6.45, 7) is 1.75. The smallest absolute Gasteiger partial charge is 0.357 e. The van der Waals surface area contributed by atoms with Gasteiger partial charge >= 0.3 is 5.97 Å². The van der Waals surface area contributed by atoms with Crippen molar-refractivity contribution in [1.29, 1.82) is 0 Å². The van der Waals surface area contributed by atoms with Gasteiger partial charge in [0.1, 0.15) is 11.5 Å². The lowest BCUT2D eigenvalue weighted by molar-refractivity contribution is -0.129. The average Bonchev–Trinajstić information content (AvgIpc) is 2.98. The summed E-state index contributed by atoms with van der Waals surface area (Å²) in [4.78, 5) is 27.3. The highest BCUT2D eigenvalue weighted by Gasteiger charge is 2.19. The lowest BCUT2D eigenvalue weighted by Crippen LogP contribution is -2.35. The number of carbonyl (C=O) groups excluding carboxylic acids is 2. The van der Waals surface area contributed by atoms with Gasteiger partial charge in [0, 0.05) is 6.20 Å². The Morgan fingerprint density at radius 3 is 2.85 bits per heavy atom. The first-order valence-corrected chi connectivity index (χ1v) is 6.09. The first kappa shape index (κ1) is 13.8. The van der Waals surface area contributed by atoms with Crippen molar-refractivity contribution >= 4 is 11.9 Å². The molecule has 6 heteroatoms. The fraction of sp³-hybridized carbons (Fsp3) is 0.214. The summed E-state index contributed by atoms with van der Waals surface area (Å²) < 4.78 is 10.1. The Hall–Kier alpha value is -2.63. The molecule has 1 amide bonds. The van der Waals surface area contributed by atoms with Crippen molar-refractivity contribution in [3.8, 4) is 0 Å². The zero-order chi connectivity index (χ0) is 14.4. The zero-order valence-electron chi connectivity index (χ0n) is 10.9. The predicted molar refractivity (Wildman–Crippen MR) is 69.7 cm³/mol. The van der Waals surface area contributed by atoms with Crippen molar-refractivity contribution in [3.63, 3.8) is 0 Å². The van der Waals surface area contributed by atoms with Crippen LogP contribution in [0, 0.1) is 0 Å². The second kappa shape index (κ2) is 6.51. The van der Waals surface area contributed by atoms with E-state index in [0.717, 1.165) is 0 Å². The van der Waals surface area contributed by atoms with Crippen LogP contribution in [0.25, 0.3) is 0 Å². The molecule has 0 aromatic carbocycles. The molecule has 1 atom stereocenters. The Morgan fingerprint density at radius 2 is 2.20 bits per heavy atom. The Morgan fingerprint density at radius 1 is 1.35 bits per heavy atom. The third-order valence-electron chi connectivity index (χ3n) is 2.54. The van der Waals surface area contributed by atoms with Crippen molar-refractivity contribution in [2.75, 3.05) is 0 Å². The molecule has 0 saturated heterocycles. The maximum Gasteiger partial charge on any atom is 0.357 e. The van der Waals surface area contributed by atoms with Crippen molar-refractivity contribution in [1.82, 2.24) is 10.3 Å². The van der Waals surface area contributed by atoms with Crippen LogP contribution in [0.2, 0.25) is 0 Å². The number of nitrogens with one attached hydrogen (secondary N) is 1. The van der Waals surface area contributed by atoms with Crippen LogP contribution >= 0.6 is 0 Å². The van der Waals surface area contributed by atoms with E-state index in [1.807, 2.05) is 0 Å². The fourth-order valence-corrected chi connectivity index (χ4v) is 1.49. The molecular weight excluding hydrogens is 260 g/mol. The van der Waals surface area contributed by atoms with Crippen LogP contribution in [0.1, 0.15) is 23.2 Å². The topological polar surface area (TPSA) is 81.4 Å². The first-order valence-electron chi connectivity index (χ1n) is 6.09. The molecule has 0 unspecified atom stereocenters. The van der Waals surface area contributed by atoms with Crippen molar-refractivity contribution in [2.24, 2.45) is 0 Å². The molecule has 0 aliphatic carbocycles. The Kier molecular flexibility index (Phi) is 4.49. The molecule has 0 spiro atoms. The molecule has 2 aromatic rings. The number of nitrogens with zero attached hydrogens (tertiary/aromatic N) is 1. The van der Waals surface area contributed by atoms with Crippen LogP contribution in [-0.2, 0) is 16.1 Å². The van der Waals surface area contributed by atoms with Crippen LogP contribution in [-0.4, -0.2) is 23.0 Å². The number of hydrogen-bond donors (Lipinski definition) is 1. The minimum absolute atomic E-state index is 0.165. The van der Waals surface area contributed by atoms with E-state index in [9.17, 15) is 9.59 Å². The van der Waals surface area contributed by atoms with Gasteiger partial charge in [-0.2, -0.15) is 0 Å². The number of amides is 1. The summed E-state index contributed by atoms with van der Waals surface area (Å²) >= 11 is 0. The SMILES string of the molecule is C[C@H](OC(=O)c1ccccn1)C(=O)NCc1ccco1. The molecule has 2 heterocycles. The molecule has 1 N–H and O–H groups in total. The van der Waals surface area contributed by atoms with Crippen LogP contribution in [0.3, 0.4) is 0 Å². The Balaban J connectivity index is 1.83. The van der Waals surface area contributed by atoms with Gasteiger partial charge in [-0.05, 0) is 31.2 Å².